The van der Waals surface area contributed by atoms with Crippen LogP contribution in [0.2, 0.25) is 10.0 Å². The number of rotatable bonds is 8. The Morgan fingerprint density at radius 2 is 1.66 bits per heavy atom. The van der Waals surface area contributed by atoms with Gasteiger partial charge in [-0.3, -0.25) is 34.7 Å². The van der Waals surface area contributed by atoms with E-state index in [2.05, 4.69) is 0 Å². The minimum Gasteiger partial charge on any atom is -0.493 e. The Morgan fingerprint density at radius 1 is 0.921 bits per heavy atom. The van der Waals surface area contributed by atoms with Gasteiger partial charge in [0.1, 0.15) is 0 Å². The van der Waals surface area contributed by atoms with Crippen molar-refractivity contribution in [1.82, 2.24) is 4.90 Å². The Balaban J connectivity index is 1.61. The molecule has 194 valence electrons. The monoisotopic (exact) mass is 575 g/mol. The van der Waals surface area contributed by atoms with Gasteiger partial charge in [0.2, 0.25) is 5.75 Å². The number of nitro benzene ring substituents is 2. The Labute approximate surface area is 228 Å². The van der Waals surface area contributed by atoms with E-state index in [0.29, 0.717) is 21.2 Å². The number of imide groups is 1. The zero-order valence-electron chi connectivity index (χ0n) is 19.3. The number of benzene rings is 3. The first-order valence-corrected chi connectivity index (χ1v) is 12.1. The molecule has 0 saturated carbocycles. The summed E-state index contributed by atoms with van der Waals surface area (Å²) in [4.78, 5) is 47.6. The van der Waals surface area contributed by atoms with E-state index in [4.69, 9.17) is 32.7 Å². The maximum absolute atomic E-state index is 13.0. The molecule has 1 aliphatic rings. The molecule has 2 amide bonds. The molecule has 0 aromatic heterocycles. The van der Waals surface area contributed by atoms with E-state index in [9.17, 15) is 29.8 Å². The summed E-state index contributed by atoms with van der Waals surface area (Å²) in [7, 11) is 1.36. The molecule has 0 unspecified atom stereocenters. The lowest BCUT2D eigenvalue weighted by atomic mass is 10.1. The number of amides is 2. The van der Waals surface area contributed by atoms with Crippen molar-refractivity contribution in [2.75, 3.05) is 7.11 Å². The minimum atomic E-state index is -0.803. The third-order valence-corrected chi connectivity index (χ3v) is 6.90. The molecule has 1 fully saturated rings. The van der Waals surface area contributed by atoms with Crippen LogP contribution in [0.1, 0.15) is 11.1 Å². The van der Waals surface area contributed by atoms with Crippen LogP contribution < -0.4 is 9.47 Å². The quantitative estimate of drug-likeness (QED) is 0.160. The third kappa shape index (κ3) is 5.72. The molecule has 1 saturated heterocycles. The van der Waals surface area contributed by atoms with E-state index in [-0.39, 0.29) is 28.7 Å². The average molecular weight is 576 g/mol. The van der Waals surface area contributed by atoms with Crippen molar-refractivity contribution < 1.29 is 28.9 Å². The van der Waals surface area contributed by atoms with E-state index in [0.717, 1.165) is 34.9 Å². The molecule has 0 spiro atoms. The fourth-order valence-corrected chi connectivity index (χ4v) is 4.60. The predicted octanol–water partition coefficient (Wildman–Crippen LogP) is 6.85. The molecular weight excluding hydrogens is 561 g/mol. The van der Waals surface area contributed by atoms with Crippen molar-refractivity contribution in [1.29, 1.82) is 0 Å². The van der Waals surface area contributed by atoms with Crippen LogP contribution in [-0.2, 0) is 11.3 Å². The first kappa shape index (κ1) is 26.9. The van der Waals surface area contributed by atoms with Gasteiger partial charge < -0.3 is 9.47 Å². The Kier molecular flexibility index (Phi) is 7.86. The normalized spacial score (nSPS) is 14.2. The average Bonchev–Trinajstić information content (AvgIpc) is 3.13. The van der Waals surface area contributed by atoms with E-state index >= 15 is 0 Å². The SMILES string of the molecule is COc1ccc(/C=C2\SC(=O)N(Cc3ccc(Cl)c(Cl)c3)C2=O)cc1Oc1ccc([N+](=O)[O-])cc1[N+](=O)[O-]. The first-order valence-electron chi connectivity index (χ1n) is 10.6. The van der Waals surface area contributed by atoms with Crippen molar-refractivity contribution in [2.24, 2.45) is 0 Å². The molecule has 4 rings (SSSR count). The minimum absolute atomic E-state index is 0.000317. The summed E-state index contributed by atoms with van der Waals surface area (Å²) in [6.07, 6.45) is 1.47. The summed E-state index contributed by atoms with van der Waals surface area (Å²) >= 11 is 12.7. The van der Waals surface area contributed by atoms with Crippen LogP contribution in [0.4, 0.5) is 16.2 Å². The highest BCUT2D eigenvalue weighted by Gasteiger charge is 2.35. The number of nitro groups is 2. The molecule has 38 heavy (non-hydrogen) atoms. The van der Waals surface area contributed by atoms with Crippen molar-refractivity contribution in [3.63, 3.8) is 0 Å². The van der Waals surface area contributed by atoms with Gasteiger partial charge in [0.25, 0.3) is 16.8 Å². The second-order valence-corrected chi connectivity index (χ2v) is 9.50. The summed E-state index contributed by atoms with van der Waals surface area (Å²) in [5, 5.41) is 22.7. The van der Waals surface area contributed by atoms with Gasteiger partial charge in [-0.25, -0.2) is 0 Å². The number of halogens is 2. The van der Waals surface area contributed by atoms with Gasteiger partial charge in [-0.2, -0.15) is 0 Å². The molecule has 0 bridgehead atoms. The summed E-state index contributed by atoms with van der Waals surface area (Å²) in [5.74, 6) is -0.510. The number of non-ortho nitro benzene ring substituents is 1. The lowest BCUT2D eigenvalue weighted by Gasteiger charge is -2.13. The number of nitrogens with zero attached hydrogens (tertiary/aromatic N) is 3. The van der Waals surface area contributed by atoms with Crippen molar-refractivity contribution in [2.45, 2.75) is 6.54 Å². The third-order valence-electron chi connectivity index (χ3n) is 5.25. The number of carbonyl (C=O) groups is 2. The number of hydrogen-bond donors (Lipinski definition) is 0. The smallest absolute Gasteiger partial charge is 0.318 e. The van der Waals surface area contributed by atoms with Crippen LogP contribution in [0, 0.1) is 20.2 Å². The van der Waals surface area contributed by atoms with Crippen LogP contribution >= 0.6 is 35.0 Å². The van der Waals surface area contributed by atoms with Crippen LogP contribution in [0.3, 0.4) is 0 Å². The number of hydrogen-bond acceptors (Lipinski definition) is 9. The van der Waals surface area contributed by atoms with Gasteiger partial charge in [0.15, 0.2) is 11.5 Å². The maximum atomic E-state index is 13.0. The lowest BCUT2D eigenvalue weighted by Crippen LogP contribution is -2.27. The summed E-state index contributed by atoms with van der Waals surface area (Å²) in [5.41, 5.74) is -0.0328. The summed E-state index contributed by atoms with van der Waals surface area (Å²) < 4.78 is 11.0. The highest BCUT2D eigenvalue weighted by atomic mass is 35.5. The van der Waals surface area contributed by atoms with Crippen LogP contribution in [-0.4, -0.2) is 33.0 Å². The molecule has 0 N–H and O–H groups in total. The Morgan fingerprint density at radius 3 is 2.32 bits per heavy atom. The van der Waals surface area contributed by atoms with Crippen molar-refractivity contribution in [3.8, 4) is 17.2 Å². The Bertz CT molecular complexity index is 1530. The molecule has 3 aromatic rings. The Hall–Kier alpha value is -4.13. The van der Waals surface area contributed by atoms with Gasteiger partial charge in [0, 0.05) is 6.07 Å². The largest absolute Gasteiger partial charge is 0.493 e. The molecule has 1 aliphatic heterocycles. The predicted molar refractivity (Wildman–Crippen MR) is 141 cm³/mol. The van der Waals surface area contributed by atoms with Gasteiger partial charge in [0.05, 0.1) is 44.5 Å². The lowest BCUT2D eigenvalue weighted by molar-refractivity contribution is -0.394. The summed E-state index contributed by atoms with van der Waals surface area (Å²) in [6, 6.07) is 12.3. The van der Waals surface area contributed by atoms with Crippen molar-refractivity contribution in [3.05, 3.63) is 101 Å². The number of ether oxygens (including phenoxy) is 2. The fraction of sp³-hybridized carbons (Fsp3) is 0.0833. The van der Waals surface area contributed by atoms with Gasteiger partial charge in [-0.1, -0.05) is 35.3 Å². The molecule has 1 heterocycles. The zero-order chi connectivity index (χ0) is 27.6. The topological polar surface area (TPSA) is 142 Å². The molecule has 14 heteroatoms. The van der Waals surface area contributed by atoms with Gasteiger partial charge >= 0.3 is 5.69 Å². The molecule has 0 radical (unpaired) electrons. The van der Waals surface area contributed by atoms with E-state index < -0.39 is 32.4 Å². The molecular formula is C24H15Cl2N3O8S. The standard InChI is InChI=1S/C24H15Cl2N3O8S/c1-36-20-6-3-13(9-21(20)37-19-7-4-15(28(32)33)11-18(19)29(34)35)10-22-23(30)27(24(31)38-22)12-14-2-5-16(25)17(26)8-14/h2-11H,12H2,1H3/b22-10-. The van der Waals surface area contributed by atoms with Crippen LogP contribution in [0.15, 0.2) is 59.5 Å². The number of methoxy groups -OCH3 is 1. The number of thioether (sulfide) groups is 1. The number of carbonyl (C=O) groups excluding carboxylic acids is 2. The second-order valence-electron chi connectivity index (χ2n) is 7.69. The van der Waals surface area contributed by atoms with E-state index in [1.807, 2.05) is 0 Å². The molecule has 0 atom stereocenters. The highest BCUT2D eigenvalue weighted by molar-refractivity contribution is 8.18. The van der Waals surface area contributed by atoms with E-state index in [1.165, 1.54) is 25.3 Å². The summed E-state index contributed by atoms with van der Waals surface area (Å²) in [6.45, 7) is -0.000317. The van der Waals surface area contributed by atoms with E-state index in [1.54, 1.807) is 24.3 Å². The first-order chi connectivity index (χ1) is 18.1. The fourth-order valence-electron chi connectivity index (χ4n) is 3.44. The van der Waals surface area contributed by atoms with Crippen LogP contribution in [0.25, 0.3) is 6.08 Å². The highest BCUT2D eigenvalue weighted by Crippen LogP contribution is 2.40. The molecule has 11 nitrogen and oxygen atoms in total. The maximum Gasteiger partial charge on any atom is 0.318 e. The zero-order valence-corrected chi connectivity index (χ0v) is 21.6. The second kappa shape index (κ2) is 11.1. The van der Waals surface area contributed by atoms with Crippen molar-refractivity contribution >= 4 is 63.6 Å². The molecule has 3 aromatic carbocycles. The van der Waals surface area contributed by atoms with Gasteiger partial charge in [-0.05, 0) is 59.3 Å². The van der Waals surface area contributed by atoms with Gasteiger partial charge in [-0.15, -0.1) is 0 Å². The van der Waals surface area contributed by atoms with Crippen LogP contribution in [0.5, 0.6) is 17.2 Å². The molecule has 0 aliphatic carbocycles.